The highest BCUT2D eigenvalue weighted by atomic mass is 35.5. The van der Waals surface area contributed by atoms with E-state index in [-0.39, 0.29) is 36.4 Å². The predicted octanol–water partition coefficient (Wildman–Crippen LogP) is 0.739. The molecule has 5 nitrogen and oxygen atoms in total. The number of carbonyl (C=O) groups is 1. The summed E-state index contributed by atoms with van der Waals surface area (Å²) in [6.07, 6.45) is 3.69. The van der Waals surface area contributed by atoms with E-state index in [2.05, 4.69) is 10.6 Å². The molecule has 0 aromatic carbocycles. The molecule has 0 spiro atoms. The molecule has 0 atom stereocenters. The van der Waals surface area contributed by atoms with Gasteiger partial charge in [0.2, 0.25) is 5.91 Å². The van der Waals surface area contributed by atoms with Gasteiger partial charge in [-0.15, -0.1) is 12.4 Å². The highest BCUT2D eigenvalue weighted by molar-refractivity contribution is 7.91. The van der Waals surface area contributed by atoms with Gasteiger partial charge in [0.1, 0.15) is 0 Å². The molecule has 1 fully saturated rings. The second-order valence-electron chi connectivity index (χ2n) is 4.82. The Bertz CT molecular complexity index is 354. The molecule has 0 saturated carbocycles. The molecule has 1 saturated heterocycles. The molecule has 1 heterocycles. The van der Waals surface area contributed by atoms with Crippen molar-refractivity contribution in [1.82, 2.24) is 10.6 Å². The van der Waals surface area contributed by atoms with Crippen LogP contribution in [0.15, 0.2) is 0 Å². The van der Waals surface area contributed by atoms with Crippen LogP contribution in [0.4, 0.5) is 0 Å². The van der Waals surface area contributed by atoms with Crippen LogP contribution >= 0.6 is 12.4 Å². The zero-order chi connectivity index (χ0) is 13.4. The van der Waals surface area contributed by atoms with Gasteiger partial charge in [-0.05, 0) is 38.3 Å². The molecule has 0 radical (unpaired) electrons. The third-order valence-corrected chi connectivity index (χ3v) is 5.12. The smallest absolute Gasteiger partial charge is 0.220 e. The average Bonchev–Trinajstić information content (AvgIpc) is 2.37. The van der Waals surface area contributed by atoms with Crippen molar-refractivity contribution in [2.45, 2.75) is 32.6 Å². The highest BCUT2D eigenvalue weighted by Crippen LogP contribution is 2.17. The molecule has 0 aromatic heterocycles. The van der Waals surface area contributed by atoms with Crippen molar-refractivity contribution in [1.29, 1.82) is 0 Å². The second-order valence-corrected chi connectivity index (χ2v) is 7.29. The lowest BCUT2D eigenvalue weighted by molar-refractivity contribution is -0.121. The van der Waals surface area contributed by atoms with Crippen molar-refractivity contribution in [3.05, 3.63) is 0 Å². The maximum Gasteiger partial charge on any atom is 0.220 e. The zero-order valence-electron chi connectivity index (χ0n) is 11.5. The molecule has 1 aliphatic heterocycles. The Morgan fingerprint density at radius 2 is 1.95 bits per heavy atom. The van der Waals surface area contributed by atoms with Crippen molar-refractivity contribution in [2.75, 3.05) is 31.1 Å². The van der Waals surface area contributed by atoms with Gasteiger partial charge in [0, 0.05) is 18.7 Å². The molecule has 0 unspecified atom stereocenters. The van der Waals surface area contributed by atoms with Crippen molar-refractivity contribution in [2.24, 2.45) is 5.92 Å². The fraction of sp³-hybridized carbons (Fsp3) is 0.917. The Morgan fingerprint density at radius 1 is 1.32 bits per heavy atom. The van der Waals surface area contributed by atoms with Crippen molar-refractivity contribution in [3.8, 4) is 0 Å². The maximum atomic E-state index is 11.5. The topological polar surface area (TPSA) is 75.3 Å². The molecule has 0 aromatic rings. The van der Waals surface area contributed by atoms with Gasteiger partial charge in [0.25, 0.3) is 0 Å². The van der Waals surface area contributed by atoms with Crippen LogP contribution in [0.5, 0.6) is 0 Å². The predicted molar refractivity (Wildman–Crippen MR) is 79.4 cm³/mol. The lowest BCUT2D eigenvalue weighted by Crippen LogP contribution is -2.31. The first-order chi connectivity index (χ1) is 8.53. The summed E-state index contributed by atoms with van der Waals surface area (Å²) in [5.41, 5.74) is 0. The summed E-state index contributed by atoms with van der Waals surface area (Å²) in [4.78, 5) is 11.5. The third kappa shape index (κ3) is 8.44. The number of carbonyl (C=O) groups excluding carboxylic acids is 1. The Balaban J connectivity index is 0.00000324. The minimum Gasteiger partial charge on any atom is -0.355 e. The van der Waals surface area contributed by atoms with Crippen LogP contribution in [0.25, 0.3) is 0 Å². The molecule has 2 N–H and O–H groups in total. The summed E-state index contributed by atoms with van der Waals surface area (Å²) in [6, 6.07) is 0. The van der Waals surface area contributed by atoms with E-state index in [1.165, 1.54) is 0 Å². The molecule has 0 bridgehead atoms. The monoisotopic (exact) mass is 312 g/mol. The van der Waals surface area contributed by atoms with Crippen LogP contribution in [0, 0.1) is 5.92 Å². The van der Waals surface area contributed by atoms with Gasteiger partial charge in [-0.3, -0.25) is 4.79 Å². The minimum absolute atomic E-state index is 0. The standard InChI is InChI=1S/C12H24N2O3S.ClH/c1-2-18(16,17)10-9-14-12(15)4-3-11-5-7-13-8-6-11;/h11,13H,2-10H2,1H3,(H,14,15);1H. The first kappa shape index (κ1) is 18.7. The Hall–Kier alpha value is -0.330. The summed E-state index contributed by atoms with van der Waals surface area (Å²) in [6.45, 7) is 3.94. The van der Waals surface area contributed by atoms with Crippen LogP contribution in [-0.4, -0.2) is 45.5 Å². The molecule has 114 valence electrons. The number of amides is 1. The van der Waals surface area contributed by atoms with Crippen LogP contribution in [0.1, 0.15) is 32.6 Å². The largest absolute Gasteiger partial charge is 0.355 e. The van der Waals surface area contributed by atoms with E-state index in [1.807, 2.05) is 0 Å². The summed E-state index contributed by atoms with van der Waals surface area (Å²) in [7, 11) is -2.97. The fourth-order valence-electron chi connectivity index (χ4n) is 2.08. The van der Waals surface area contributed by atoms with Crippen LogP contribution in [0.3, 0.4) is 0 Å². The maximum absolute atomic E-state index is 11.5. The zero-order valence-corrected chi connectivity index (χ0v) is 13.1. The Labute approximate surface area is 122 Å². The van der Waals surface area contributed by atoms with Crippen molar-refractivity contribution in [3.63, 3.8) is 0 Å². The molecule has 7 heteroatoms. The SMILES string of the molecule is CCS(=O)(=O)CCNC(=O)CCC1CCNCC1.Cl. The number of nitrogens with one attached hydrogen (secondary N) is 2. The first-order valence-electron chi connectivity index (χ1n) is 6.71. The van der Waals surface area contributed by atoms with Gasteiger partial charge in [0.15, 0.2) is 9.84 Å². The normalized spacial score (nSPS) is 16.7. The quantitative estimate of drug-likeness (QED) is 0.727. The lowest BCUT2D eigenvalue weighted by Gasteiger charge is -2.22. The van der Waals surface area contributed by atoms with Crippen molar-refractivity contribution < 1.29 is 13.2 Å². The van der Waals surface area contributed by atoms with E-state index < -0.39 is 9.84 Å². The number of hydrogen-bond acceptors (Lipinski definition) is 4. The Morgan fingerprint density at radius 3 is 2.53 bits per heavy atom. The van der Waals surface area contributed by atoms with E-state index in [4.69, 9.17) is 0 Å². The number of hydrogen-bond donors (Lipinski definition) is 2. The molecule has 19 heavy (non-hydrogen) atoms. The van der Waals surface area contributed by atoms with Gasteiger partial charge in [-0.2, -0.15) is 0 Å². The highest BCUT2D eigenvalue weighted by Gasteiger charge is 2.14. The first-order valence-corrected chi connectivity index (χ1v) is 8.53. The molecular weight excluding hydrogens is 288 g/mol. The molecule has 1 rings (SSSR count). The van der Waals surface area contributed by atoms with Gasteiger partial charge >= 0.3 is 0 Å². The van der Waals surface area contributed by atoms with Gasteiger partial charge in [-0.1, -0.05) is 6.92 Å². The van der Waals surface area contributed by atoms with Crippen molar-refractivity contribution >= 4 is 28.2 Å². The van der Waals surface area contributed by atoms with Crippen LogP contribution < -0.4 is 10.6 Å². The third-order valence-electron chi connectivity index (χ3n) is 3.41. The summed E-state index contributed by atoms with van der Waals surface area (Å²) in [5.74, 6) is 0.789. The van der Waals surface area contributed by atoms with E-state index in [0.29, 0.717) is 12.3 Å². The summed E-state index contributed by atoms with van der Waals surface area (Å²) >= 11 is 0. The van der Waals surface area contributed by atoms with E-state index in [0.717, 1.165) is 32.4 Å². The number of piperidine rings is 1. The second kappa shape index (κ2) is 9.55. The summed E-state index contributed by atoms with van der Waals surface area (Å²) in [5, 5.41) is 5.97. The van der Waals surface area contributed by atoms with Gasteiger partial charge in [0.05, 0.1) is 5.75 Å². The fourth-order valence-corrected chi connectivity index (χ4v) is 2.79. The van der Waals surface area contributed by atoms with E-state index in [1.54, 1.807) is 6.92 Å². The number of rotatable bonds is 7. The molecule has 0 aliphatic carbocycles. The molecule has 1 aliphatic rings. The van der Waals surface area contributed by atoms with Gasteiger partial charge < -0.3 is 10.6 Å². The van der Waals surface area contributed by atoms with Crippen LogP contribution in [-0.2, 0) is 14.6 Å². The molecule has 1 amide bonds. The van der Waals surface area contributed by atoms with Gasteiger partial charge in [-0.25, -0.2) is 8.42 Å². The lowest BCUT2D eigenvalue weighted by atomic mass is 9.93. The summed E-state index contributed by atoms with van der Waals surface area (Å²) < 4.78 is 22.5. The molecular formula is C12H25ClN2O3S. The van der Waals surface area contributed by atoms with Crippen LogP contribution in [0.2, 0.25) is 0 Å². The minimum atomic E-state index is -2.97. The average molecular weight is 313 g/mol. The number of sulfone groups is 1. The Kier molecular flexibility index (Phi) is 9.39. The van der Waals surface area contributed by atoms with E-state index >= 15 is 0 Å². The van der Waals surface area contributed by atoms with E-state index in [9.17, 15) is 13.2 Å². The number of halogens is 1.